The predicted octanol–water partition coefficient (Wildman–Crippen LogP) is 2.75. The van der Waals surface area contributed by atoms with Crippen molar-refractivity contribution in [1.29, 1.82) is 0 Å². The van der Waals surface area contributed by atoms with Crippen LogP contribution in [0.25, 0.3) is 6.08 Å². The van der Waals surface area contributed by atoms with Crippen molar-refractivity contribution in [2.24, 2.45) is 0 Å². The SMILES string of the molecule is C=CC(=O)OCCCCOC(=O)/C=C/c1ccccc1. The highest BCUT2D eigenvalue weighted by molar-refractivity contribution is 5.87. The molecule has 0 aliphatic heterocycles. The lowest BCUT2D eigenvalue weighted by atomic mass is 10.2. The Morgan fingerprint density at radius 2 is 1.60 bits per heavy atom. The van der Waals surface area contributed by atoms with Gasteiger partial charge in [0, 0.05) is 12.2 Å². The van der Waals surface area contributed by atoms with Crippen LogP contribution in [0.4, 0.5) is 0 Å². The summed E-state index contributed by atoms with van der Waals surface area (Å²) >= 11 is 0. The van der Waals surface area contributed by atoms with Gasteiger partial charge in [0.2, 0.25) is 0 Å². The van der Waals surface area contributed by atoms with Gasteiger partial charge in [-0.25, -0.2) is 9.59 Å². The van der Waals surface area contributed by atoms with E-state index in [4.69, 9.17) is 9.47 Å². The summed E-state index contributed by atoms with van der Waals surface area (Å²) in [5.74, 6) is -0.815. The Morgan fingerprint density at radius 3 is 2.20 bits per heavy atom. The molecule has 0 saturated heterocycles. The van der Waals surface area contributed by atoms with Gasteiger partial charge in [-0.15, -0.1) is 0 Å². The molecule has 0 radical (unpaired) electrons. The number of unbranched alkanes of at least 4 members (excludes halogenated alkanes) is 1. The van der Waals surface area contributed by atoms with Gasteiger partial charge in [0.25, 0.3) is 0 Å². The van der Waals surface area contributed by atoms with E-state index in [1.807, 2.05) is 30.3 Å². The van der Waals surface area contributed by atoms with E-state index in [1.165, 1.54) is 6.08 Å². The normalized spacial score (nSPS) is 10.2. The van der Waals surface area contributed by atoms with Crippen LogP contribution >= 0.6 is 0 Å². The summed E-state index contributed by atoms with van der Waals surface area (Å²) in [5.41, 5.74) is 0.945. The zero-order valence-electron chi connectivity index (χ0n) is 11.3. The van der Waals surface area contributed by atoms with Crippen LogP contribution in [0.3, 0.4) is 0 Å². The van der Waals surface area contributed by atoms with E-state index in [-0.39, 0.29) is 5.97 Å². The van der Waals surface area contributed by atoms with Gasteiger partial charge in [0.15, 0.2) is 0 Å². The van der Waals surface area contributed by atoms with Gasteiger partial charge in [-0.05, 0) is 24.5 Å². The summed E-state index contributed by atoms with van der Waals surface area (Å²) in [5, 5.41) is 0. The van der Waals surface area contributed by atoms with Crippen molar-refractivity contribution < 1.29 is 19.1 Å². The molecular weight excluding hydrogens is 256 g/mol. The maximum atomic E-state index is 11.4. The Morgan fingerprint density at radius 1 is 1.00 bits per heavy atom. The first kappa shape index (κ1) is 15.7. The molecule has 0 spiro atoms. The molecule has 0 saturated carbocycles. The van der Waals surface area contributed by atoms with E-state index in [9.17, 15) is 9.59 Å². The minimum atomic E-state index is -0.437. The van der Waals surface area contributed by atoms with Crippen LogP contribution in [0.2, 0.25) is 0 Å². The second-order valence-electron chi connectivity index (χ2n) is 3.99. The fraction of sp³-hybridized carbons (Fsp3) is 0.250. The molecule has 20 heavy (non-hydrogen) atoms. The molecular formula is C16H18O4. The summed E-state index contributed by atoms with van der Waals surface area (Å²) in [6.45, 7) is 3.91. The first-order valence-corrected chi connectivity index (χ1v) is 6.41. The lowest BCUT2D eigenvalue weighted by Gasteiger charge is -2.03. The highest BCUT2D eigenvalue weighted by Gasteiger charge is 1.98. The van der Waals surface area contributed by atoms with E-state index >= 15 is 0 Å². The first-order valence-electron chi connectivity index (χ1n) is 6.41. The molecule has 1 aromatic carbocycles. The first-order chi connectivity index (χ1) is 9.72. The number of ether oxygens (including phenoxy) is 2. The molecule has 4 heteroatoms. The molecule has 0 unspecified atom stereocenters. The number of hydrogen-bond donors (Lipinski definition) is 0. The third kappa shape index (κ3) is 7.16. The minimum absolute atomic E-state index is 0.308. The Labute approximate surface area is 118 Å². The van der Waals surface area contributed by atoms with E-state index in [2.05, 4.69) is 6.58 Å². The van der Waals surface area contributed by atoms with Crippen molar-refractivity contribution in [2.45, 2.75) is 12.8 Å². The van der Waals surface area contributed by atoms with Crippen LogP contribution in [0.1, 0.15) is 18.4 Å². The van der Waals surface area contributed by atoms with Crippen LogP contribution in [-0.2, 0) is 19.1 Å². The molecule has 0 aromatic heterocycles. The van der Waals surface area contributed by atoms with Crippen molar-refractivity contribution in [3.05, 3.63) is 54.6 Å². The summed E-state index contributed by atoms with van der Waals surface area (Å²) < 4.78 is 9.80. The lowest BCUT2D eigenvalue weighted by Crippen LogP contribution is -2.05. The molecule has 1 rings (SSSR count). The van der Waals surface area contributed by atoms with Gasteiger partial charge < -0.3 is 9.47 Å². The fourth-order valence-corrected chi connectivity index (χ4v) is 1.39. The summed E-state index contributed by atoms with van der Waals surface area (Å²) in [7, 11) is 0. The Kier molecular flexibility index (Phi) is 7.50. The Hall–Kier alpha value is -2.36. The van der Waals surface area contributed by atoms with E-state index < -0.39 is 5.97 Å². The second kappa shape index (κ2) is 9.55. The summed E-state index contributed by atoms with van der Waals surface area (Å²) in [4.78, 5) is 22.1. The number of carbonyl (C=O) groups is 2. The van der Waals surface area contributed by atoms with Crippen LogP contribution in [-0.4, -0.2) is 25.2 Å². The molecule has 1 aromatic rings. The summed E-state index contributed by atoms with van der Waals surface area (Å²) in [6, 6.07) is 9.51. The monoisotopic (exact) mass is 274 g/mol. The lowest BCUT2D eigenvalue weighted by molar-refractivity contribution is -0.140. The van der Waals surface area contributed by atoms with Gasteiger partial charge in [-0.3, -0.25) is 0 Å². The number of hydrogen-bond acceptors (Lipinski definition) is 4. The maximum absolute atomic E-state index is 11.4. The van der Waals surface area contributed by atoms with Crippen LogP contribution < -0.4 is 0 Å². The molecule has 0 aliphatic carbocycles. The number of esters is 2. The molecule has 4 nitrogen and oxygen atoms in total. The zero-order chi connectivity index (χ0) is 14.6. The van der Waals surface area contributed by atoms with Gasteiger partial charge in [0.1, 0.15) is 0 Å². The number of carbonyl (C=O) groups excluding carboxylic acids is 2. The zero-order valence-corrected chi connectivity index (χ0v) is 11.3. The molecule has 106 valence electrons. The fourth-order valence-electron chi connectivity index (χ4n) is 1.39. The van der Waals surface area contributed by atoms with E-state index in [1.54, 1.807) is 6.08 Å². The van der Waals surface area contributed by atoms with E-state index in [0.717, 1.165) is 11.6 Å². The molecule has 0 amide bonds. The molecule has 0 heterocycles. The van der Waals surface area contributed by atoms with Gasteiger partial charge in [-0.2, -0.15) is 0 Å². The highest BCUT2D eigenvalue weighted by atomic mass is 16.5. The minimum Gasteiger partial charge on any atom is -0.463 e. The van der Waals surface area contributed by atoms with Crippen molar-refractivity contribution in [3.8, 4) is 0 Å². The highest BCUT2D eigenvalue weighted by Crippen LogP contribution is 2.01. The standard InChI is InChI=1S/C16H18O4/c1-2-15(17)19-12-6-7-13-20-16(18)11-10-14-8-4-3-5-9-14/h2-5,8-11H,1,6-7,12-13H2/b11-10+. The quantitative estimate of drug-likeness (QED) is 0.415. The Bertz CT molecular complexity index is 463. The third-order valence-electron chi connectivity index (χ3n) is 2.41. The maximum Gasteiger partial charge on any atom is 0.330 e. The van der Waals surface area contributed by atoms with Crippen LogP contribution in [0.5, 0.6) is 0 Å². The van der Waals surface area contributed by atoms with E-state index in [0.29, 0.717) is 26.1 Å². The Balaban J connectivity index is 2.10. The van der Waals surface area contributed by atoms with Crippen molar-refractivity contribution in [2.75, 3.05) is 13.2 Å². The predicted molar refractivity (Wildman–Crippen MR) is 76.8 cm³/mol. The largest absolute Gasteiger partial charge is 0.463 e. The van der Waals surface area contributed by atoms with Gasteiger partial charge >= 0.3 is 11.9 Å². The topological polar surface area (TPSA) is 52.6 Å². The van der Waals surface area contributed by atoms with Gasteiger partial charge in [-0.1, -0.05) is 36.9 Å². The average Bonchev–Trinajstić information content (AvgIpc) is 2.49. The smallest absolute Gasteiger partial charge is 0.330 e. The van der Waals surface area contributed by atoms with Crippen molar-refractivity contribution >= 4 is 18.0 Å². The molecule has 0 bridgehead atoms. The second-order valence-corrected chi connectivity index (χ2v) is 3.99. The molecule has 0 N–H and O–H groups in total. The number of benzene rings is 1. The molecule has 0 atom stereocenters. The average molecular weight is 274 g/mol. The summed E-state index contributed by atoms with van der Waals surface area (Å²) in [6.07, 6.45) is 5.51. The molecule has 0 aliphatic rings. The third-order valence-corrected chi connectivity index (χ3v) is 2.41. The van der Waals surface area contributed by atoms with Crippen LogP contribution in [0, 0.1) is 0 Å². The van der Waals surface area contributed by atoms with Crippen molar-refractivity contribution in [1.82, 2.24) is 0 Å². The van der Waals surface area contributed by atoms with Crippen molar-refractivity contribution in [3.63, 3.8) is 0 Å². The van der Waals surface area contributed by atoms with Crippen LogP contribution in [0.15, 0.2) is 49.1 Å². The number of rotatable bonds is 8. The molecule has 0 fully saturated rings. The van der Waals surface area contributed by atoms with Gasteiger partial charge in [0.05, 0.1) is 13.2 Å².